The van der Waals surface area contributed by atoms with Gasteiger partial charge in [-0.2, -0.15) is 0 Å². The van der Waals surface area contributed by atoms with Gasteiger partial charge in [-0.3, -0.25) is 9.59 Å². The molecule has 0 spiro atoms. The number of piperazine rings is 1. The Morgan fingerprint density at radius 3 is 2.48 bits per heavy atom. The van der Waals surface area contributed by atoms with Crippen molar-refractivity contribution in [1.82, 2.24) is 9.80 Å². The molecule has 1 unspecified atom stereocenters. The molecule has 6 nitrogen and oxygen atoms in total. The number of nitrogens with zero attached hydrogens (tertiary/aromatic N) is 2. The molecular weight excluding hydrogens is 344 g/mol. The van der Waals surface area contributed by atoms with E-state index < -0.39 is 0 Å². The Labute approximate surface area is 161 Å². The monoisotopic (exact) mass is 374 g/mol. The van der Waals surface area contributed by atoms with Gasteiger partial charge in [-0.1, -0.05) is 26.0 Å². The minimum atomic E-state index is -0.282. The van der Waals surface area contributed by atoms with E-state index >= 15 is 0 Å². The van der Waals surface area contributed by atoms with E-state index in [-0.39, 0.29) is 17.9 Å². The van der Waals surface area contributed by atoms with Crippen LogP contribution in [0.15, 0.2) is 18.2 Å². The molecule has 2 aliphatic heterocycles. The number of carbonyl (C=O) groups excluding carboxylic acids is 2. The number of ether oxygens (including phenoxy) is 2. The summed E-state index contributed by atoms with van der Waals surface area (Å²) < 4.78 is 10.9. The standard InChI is InChI=1S/C21H30N2O4/c1-15(2)16-6-7-18(26-3)17(13-16)14-20(24)22-8-10-23(11-9-22)21(25)19-5-4-12-27-19/h6-7,13,15,19H,4-5,8-12,14H2,1-3H3. The van der Waals surface area contributed by atoms with E-state index in [0.717, 1.165) is 24.2 Å². The number of rotatable bonds is 5. The summed E-state index contributed by atoms with van der Waals surface area (Å²) in [5.41, 5.74) is 2.12. The van der Waals surface area contributed by atoms with Gasteiger partial charge in [0.15, 0.2) is 0 Å². The fourth-order valence-electron chi connectivity index (χ4n) is 3.72. The Morgan fingerprint density at radius 1 is 1.19 bits per heavy atom. The Balaban J connectivity index is 1.58. The molecule has 2 heterocycles. The highest BCUT2D eigenvalue weighted by molar-refractivity contribution is 5.82. The normalized spacial score (nSPS) is 20.2. The molecule has 27 heavy (non-hydrogen) atoms. The molecule has 0 aromatic heterocycles. The van der Waals surface area contributed by atoms with Gasteiger partial charge in [0, 0.05) is 38.3 Å². The van der Waals surface area contributed by atoms with Crippen LogP contribution in [0.25, 0.3) is 0 Å². The summed E-state index contributed by atoms with van der Waals surface area (Å²) in [4.78, 5) is 28.9. The van der Waals surface area contributed by atoms with Gasteiger partial charge in [0.05, 0.1) is 13.5 Å². The summed E-state index contributed by atoms with van der Waals surface area (Å²) in [6.45, 7) is 7.25. The molecule has 2 fully saturated rings. The quantitative estimate of drug-likeness (QED) is 0.793. The van der Waals surface area contributed by atoms with Gasteiger partial charge in [-0.05, 0) is 30.4 Å². The largest absolute Gasteiger partial charge is 0.496 e. The van der Waals surface area contributed by atoms with Gasteiger partial charge in [0.25, 0.3) is 5.91 Å². The Bertz CT molecular complexity index is 675. The molecule has 6 heteroatoms. The fraction of sp³-hybridized carbons (Fsp3) is 0.619. The molecule has 3 rings (SSSR count). The van der Waals surface area contributed by atoms with Gasteiger partial charge in [-0.15, -0.1) is 0 Å². The lowest BCUT2D eigenvalue weighted by Gasteiger charge is -2.36. The van der Waals surface area contributed by atoms with Crippen molar-refractivity contribution in [2.24, 2.45) is 0 Å². The molecule has 2 amide bonds. The van der Waals surface area contributed by atoms with Gasteiger partial charge >= 0.3 is 0 Å². The van der Waals surface area contributed by atoms with Crippen LogP contribution in [-0.2, 0) is 20.7 Å². The van der Waals surface area contributed by atoms with Crippen molar-refractivity contribution < 1.29 is 19.1 Å². The first kappa shape index (κ1) is 19.7. The van der Waals surface area contributed by atoms with Crippen LogP contribution in [0.1, 0.15) is 43.7 Å². The van der Waals surface area contributed by atoms with E-state index in [4.69, 9.17) is 9.47 Å². The summed E-state index contributed by atoms with van der Waals surface area (Å²) in [5, 5.41) is 0. The average Bonchev–Trinajstić information content (AvgIpc) is 3.22. The fourth-order valence-corrected chi connectivity index (χ4v) is 3.72. The highest BCUT2D eigenvalue weighted by atomic mass is 16.5. The zero-order valence-corrected chi connectivity index (χ0v) is 16.6. The number of benzene rings is 1. The number of hydrogen-bond donors (Lipinski definition) is 0. The Morgan fingerprint density at radius 2 is 1.89 bits per heavy atom. The molecule has 2 aliphatic rings. The lowest BCUT2D eigenvalue weighted by Crippen LogP contribution is -2.53. The smallest absolute Gasteiger partial charge is 0.251 e. The maximum Gasteiger partial charge on any atom is 0.251 e. The summed E-state index contributed by atoms with van der Waals surface area (Å²) in [5.74, 6) is 1.31. The average molecular weight is 374 g/mol. The third kappa shape index (κ3) is 4.61. The Kier molecular flexibility index (Phi) is 6.37. The van der Waals surface area contributed by atoms with Crippen molar-refractivity contribution in [3.8, 4) is 5.75 Å². The molecule has 0 N–H and O–H groups in total. The summed E-state index contributed by atoms with van der Waals surface area (Å²) >= 11 is 0. The molecule has 0 saturated carbocycles. The molecule has 1 aromatic rings. The van der Waals surface area contributed by atoms with Crippen LogP contribution >= 0.6 is 0 Å². The van der Waals surface area contributed by atoms with Gasteiger partial charge < -0.3 is 19.3 Å². The van der Waals surface area contributed by atoms with Crippen molar-refractivity contribution >= 4 is 11.8 Å². The molecule has 0 radical (unpaired) electrons. The van der Waals surface area contributed by atoms with E-state index in [1.54, 1.807) is 7.11 Å². The van der Waals surface area contributed by atoms with Crippen LogP contribution in [-0.4, -0.2) is 67.6 Å². The van der Waals surface area contributed by atoms with E-state index in [9.17, 15) is 9.59 Å². The van der Waals surface area contributed by atoms with Crippen LogP contribution in [0.2, 0.25) is 0 Å². The second kappa shape index (κ2) is 8.74. The maximum atomic E-state index is 12.8. The lowest BCUT2D eigenvalue weighted by molar-refractivity contribution is -0.145. The minimum absolute atomic E-state index is 0.0749. The van der Waals surface area contributed by atoms with Crippen molar-refractivity contribution in [3.63, 3.8) is 0 Å². The summed E-state index contributed by atoms with van der Waals surface area (Å²) in [6, 6.07) is 6.06. The third-order valence-electron chi connectivity index (χ3n) is 5.46. The van der Waals surface area contributed by atoms with Crippen molar-refractivity contribution in [2.45, 2.75) is 45.1 Å². The zero-order chi connectivity index (χ0) is 19.4. The SMILES string of the molecule is COc1ccc(C(C)C)cc1CC(=O)N1CCN(C(=O)C2CCCO2)CC1. The Hall–Kier alpha value is -2.08. The van der Waals surface area contributed by atoms with Crippen molar-refractivity contribution in [1.29, 1.82) is 0 Å². The van der Waals surface area contributed by atoms with Crippen molar-refractivity contribution in [2.75, 3.05) is 39.9 Å². The number of methoxy groups -OCH3 is 1. The van der Waals surface area contributed by atoms with Crippen LogP contribution in [0.4, 0.5) is 0 Å². The molecular formula is C21H30N2O4. The summed E-state index contributed by atoms with van der Waals surface area (Å²) in [6.07, 6.45) is 1.80. The first-order valence-electron chi connectivity index (χ1n) is 9.84. The highest BCUT2D eigenvalue weighted by Crippen LogP contribution is 2.25. The van der Waals surface area contributed by atoms with Gasteiger partial charge in [0.2, 0.25) is 5.91 Å². The topological polar surface area (TPSA) is 59.1 Å². The van der Waals surface area contributed by atoms with E-state index in [2.05, 4.69) is 19.9 Å². The van der Waals surface area contributed by atoms with Crippen LogP contribution in [0.5, 0.6) is 5.75 Å². The van der Waals surface area contributed by atoms with Crippen LogP contribution in [0, 0.1) is 0 Å². The van der Waals surface area contributed by atoms with E-state index in [1.807, 2.05) is 21.9 Å². The maximum absolute atomic E-state index is 12.8. The first-order valence-corrected chi connectivity index (χ1v) is 9.84. The van der Waals surface area contributed by atoms with E-state index in [0.29, 0.717) is 45.1 Å². The molecule has 148 valence electrons. The number of hydrogen-bond acceptors (Lipinski definition) is 4. The lowest BCUT2D eigenvalue weighted by atomic mass is 9.98. The van der Waals surface area contributed by atoms with Gasteiger partial charge in [-0.25, -0.2) is 0 Å². The number of amides is 2. The van der Waals surface area contributed by atoms with Crippen LogP contribution < -0.4 is 4.74 Å². The first-order chi connectivity index (χ1) is 13.0. The molecule has 2 saturated heterocycles. The van der Waals surface area contributed by atoms with E-state index in [1.165, 1.54) is 5.56 Å². The third-order valence-corrected chi connectivity index (χ3v) is 5.46. The molecule has 1 atom stereocenters. The summed E-state index contributed by atoms with van der Waals surface area (Å²) in [7, 11) is 1.63. The molecule has 0 aliphatic carbocycles. The second-order valence-electron chi connectivity index (χ2n) is 7.61. The molecule has 1 aromatic carbocycles. The van der Waals surface area contributed by atoms with Crippen LogP contribution in [0.3, 0.4) is 0 Å². The number of carbonyl (C=O) groups is 2. The minimum Gasteiger partial charge on any atom is -0.496 e. The zero-order valence-electron chi connectivity index (χ0n) is 16.6. The second-order valence-corrected chi connectivity index (χ2v) is 7.61. The predicted octanol–water partition coefficient (Wildman–Crippen LogP) is 2.21. The predicted molar refractivity (Wildman–Crippen MR) is 103 cm³/mol. The van der Waals surface area contributed by atoms with Gasteiger partial charge in [0.1, 0.15) is 11.9 Å². The molecule has 0 bridgehead atoms. The van der Waals surface area contributed by atoms with Crippen molar-refractivity contribution in [3.05, 3.63) is 29.3 Å². The highest BCUT2D eigenvalue weighted by Gasteiger charge is 2.31.